The van der Waals surface area contributed by atoms with Gasteiger partial charge in [0.25, 0.3) is 0 Å². The van der Waals surface area contributed by atoms with Gasteiger partial charge in [-0.2, -0.15) is 0 Å². The van der Waals surface area contributed by atoms with Crippen molar-refractivity contribution in [3.05, 3.63) is 18.1 Å². The lowest BCUT2D eigenvalue weighted by Crippen LogP contribution is -2.25. The fourth-order valence-corrected chi connectivity index (χ4v) is 2.38. The Labute approximate surface area is 102 Å². The van der Waals surface area contributed by atoms with Crippen LogP contribution in [0.4, 0.5) is 5.82 Å². The van der Waals surface area contributed by atoms with Crippen molar-refractivity contribution in [2.45, 2.75) is 45.1 Å². The van der Waals surface area contributed by atoms with Crippen LogP contribution in [0.15, 0.2) is 12.4 Å². The summed E-state index contributed by atoms with van der Waals surface area (Å²) in [5.41, 5.74) is 1.06. The van der Waals surface area contributed by atoms with Crippen LogP contribution < -0.4 is 5.32 Å². The lowest BCUT2D eigenvalue weighted by Gasteiger charge is -2.26. The van der Waals surface area contributed by atoms with Crippen molar-refractivity contribution >= 4 is 5.82 Å². The van der Waals surface area contributed by atoms with E-state index in [1.54, 1.807) is 6.33 Å². The number of anilines is 1. The van der Waals surface area contributed by atoms with Gasteiger partial charge in [-0.25, -0.2) is 9.97 Å². The van der Waals surface area contributed by atoms with Gasteiger partial charge in [0, 0.05) is 18.3 Å². The molecule has 1 aromatic heterocycles. The van der Waals surface area contributed by atoms with Gasteiger partial charge in [0.05, 0.1) is 6.10 Å². The molecule has 17 heavy (non-hydrogen) atoms. The number of rotatable bonds is 4. The van der Waals surface area contributed by atoms with E-state index in [0.717, 1.165) is 43.7 Å². The third-order valence-corrected chi connectivity index (χ3v) is 3.41. The van der Waals surface area contributed by atoms with Gasteiger partial charge < -0.3 is 10.4 Å². The SMILES string of the molecule is CCc1cc(NCC2CCCC(O)C2)ncn1. The smallest absolute Gasteiger partial charge is 0.129 e. The second kappa shape index (κ2) is 5.96. The van der Waals surface area contributed by atoms with Crippen LogP contribution in [0.1, 0.15) is 38.3 Å². The highest BCUT2D eigenvalue weighted by atomic mass is 16.3. The number of aliphatic hydroxyl groups excluding tert-OH is 1. The van der Waals surface area contributed by atoms with Gasteiger partial charge in [0.15, 0.2) is 0 Å². The molecule has 0 bridgehead atoms. The Kier molecular flexibility index (Phi) is 4.31. The highest BCUT2D eigenvalue weighted by molar-refractivity contribution is 5.34. The minimum atomic E-state index is -0.104. The zero-order valence-electron chi connectivity index (χ0n) is 10.4. The summed E-state index contributed by atoms with van der Waals surface area (Å²) in [6.07, 6.45) is 6.65. The summed E-state index contributed by atoms with van der Waals surface area (Å²) in [7, 11) is 0. The van der Waals surface area contributed by atoms with Gasteiger partial charge in [0.2, 0.25) is 0 Å². The molecule has 0 radical (unpaired) electrons. The molecule has 1 aliphatic rings. The summed E-state index contributed by atoms with van der Waals surface area (Å²) in [4.78, 5) is 8.38. The van der Waals surface area contributed by atoms with Gasteiger partial charge in [-0.1, -0.05) is 13.3 Å². The molecular formula is C13H21N3O. The van der Waals surface area contributed by atoms with E-state index in [2.05, 4.69) is 22.2 Å². The molecule has 1 fully saturated rings. The van der Waals surface area contributed by atoms with Crippen molar-refractivity contribution in [2.24, 2.45) is 5.92 Å². The van der Waals surface area contributed by atoms with E-state index in [4.69, 9.17) is 0 Å². The lowest BCUT2D eigenvalue weighted by atomic mass is 9.87. The summed E-state index contributed by atoms with van der Waals surface area (Å²) in [5, 5.41) is 13.0. The van der Waals surface area contributed by atoms with E-state index < -0.39 is 0 Å². The molecule has 2 unspecified atom stereocenters. The fraction of sp³-hybridized carbons (Fsp3) is 0.692. The second-order valence-corrected chi connectivity index (χ2v) is 4.82. The van der Waals surface area contributed by atoms with Crippen molar-refractivity contribution in [3.8, 4) is 0 Å². The molecule has 0 saturated heterocycles. The third-order valence-electron chi connectivity index (χ3n) is 3.41. The summed E-state index contributed by atoms with van der Waals surface area (Å²) >= 11 is 0. The standard InChI is InChI=1S/C13H21N3O/c1-2-11-7-13(16-9-15-11)14-8-10-4-3-5-12(17)6-10/h7,9-10,12,17H,2-6,8H2,1H3,(H,14,15,16). The predicted octanol–water partition coefficient (Wildman–Crippen LogP) is 2.00. The minimum Gasteiger partial charge on any atom is -0.393 e. The summed E-state index contributed by atoms with van der Waals surface area (Å²) < 4.78 is 0. The quantitative estimate of drug-likeness (QED) is 0.838. The van der Waals surface area contributed by atoms with E-state index in [1.807, 2.05) is 6.07 Å². The molecule has 0 spiro atoms. The molecule has 94 valence electrons. The third kappa shape index (κ3) is 3.66. The average Bonchev–Trinajstić information content (AvgIpc) is 2.37. The number of hydrogen-bond acceptors (Lipinski definition) is 4. The van der Waals surface area contributed by atoms with E-state index >= 15 is 0 Å². The average molecular weight is 235 g/mol. The Balaban J connectivity index is 1.84. The van der Waals surface area contributed by atoms with Crippen LogP contribution in [0, 0.1) is 5.92 Å². The maximum absolute atomic E-state index is 9.61. The number of aliphatic hydroxyl groups is 1. The first-order valence-corrected chi connectivity index (χ1v) is 6.50. The van der Waals surface area contributed by atoms with E-state index in [1.165, 1.54) is 6.42 Å². The number of nitrogens with one attached hydrogen (secondary N) is 1. The number of hydrogen-bond donors (Lipinski definition) is 2. The number of aryl methyl sites for hydroxylation is 1. The molecule has 2 rings (SSSR count). The van der Waals surface area contributed by atoms with Crippen LogP contribution in [0.3, 0.4) is 0 Å². The highest BCUT2D eigenvalue weighted by Gasteiger charge is 2.19. The Bertz CT molecular complexity index is 356. The fourth-order valence-electron chi connectivity index (χ4n) is 2.38. The number of nitrogens with zero attached hydrogens (tertiary/aromatic N) is 2. The molecule has 2 N–H and O–H groups in total. The molecule has 1 aromatic rings. The van der Waals surface area contributed by atoms with Crippen LogP contribution in [0.5, 0.6) is 0 Å². The van der Waals surface area contributed by atoms with Gasteiger partial charge in [-0.15, -0.1) is 0 Å². The first-order chi connectivity index (χ1) is 8.28. The van der Waals surface area contributed by atoms with Crippen molar-refractivity contribution in [2.75, 3.05) is 11.9 Å². The molecule has 0 amide bonds. The molecule has 4 heteroatoms. The van der Waals surface area contributed by atoms with Crippen LogP contribution in [0.2, 0.25) is 0 Å². The van der Waals surface area contributed by atoms with Crippen LogP contribution in [-0.2, 0) is 6.42 Å². The normalized spacial score (nSPS) is 24.6. The zero-order chi connectivity index (χ0) is 12.1. The summed E-state index contributed by atoms with van der Waals surface area (Å²) in [5.74, 6) is 1.47. The van der Waals surface area contributed by atoms with Crippen LogP contribution in [0.25, 0.3) is 0 Å². The Morgan fingerprint density at radius 1 is 1.41 bits per heavy atom. The van der Waals surface area contributed by atoms with Gasteiger partial charge in [0.1, 0.15) is 12.1 Å². The van der Waals surface area contributed by atoms with Gasteiger partial charge in [-0.3, -0.25) is 0 Å². The van der Waals surface area contributed by atoms with Crippen LogP contribution in [-0.4, -0.2) is 27.7 Å². The maximum atomic E-state index is 9.61. The van der Waals surface area contributed by atoms with Crippen LogP contribution >= 0.6 is 0 Å². The Morgan fingerprint density at radius 2 is 2.29 bits per heavy atom. The molecule has 1 heterocycles. The van der Waals surface area contributed by atoms with Gasteiger partial charge >= 0.3 is 0 Å². The van der Waals surface area contributed by atoms with Crippen molar-refractivity contribution < 1.29 is 5.11 Å². The molecule has 2 atom stereocenters. The first-order valence-electron chi connectivity index (χ1n) is 6.50. The topological polar surface area (TPSA) is 58.0 Å². The predicted molar refractivity (Wildman–Crippen MR) is 67.9 cm³/mol. The van der Waals surface area contributed by atoms with Gasteiger partial charge in [-0.05, 0) is 31.6 Å². The van der Waals surface area contributed by atoms with Crippen molar-refractivity contribution in [1.82, 2.24) is 9.97 Å². The lowest BCUT2D eigenvalue weighted by molar-refractivity contribution is 0.104. The van der Waals surface area contributed by atoms with E-state index in [9.17, 15) is 5.11 Å². The zero-order valence-corrected chi connectivity index (χ0v) is 10.4. The van der Waals surface area contributed by atoms with E-state index in [0.29, 0.717) is 5.92 Å². The first kappa shape index (κ1) is 12.3. The van der Waals surface area contributed by atoms with E-state index in [-0.39, 0.29) is 6.10 Å². The molecule has 0 aliphatic heterocycles. The molecule has 0 aromatic carbocycles. The molecule has 1 saturated carbocycles. The maximum Gasteiger partial charge on any atom is 0.129 e. The second-order valence-electron chi connectivity index (χ2n) is 4.82. The molecule has 1 aliphatic carbocycles. The highest BCUT2D eigenvalue weighted by Crippen LogP contribution is 2.24. The largest absolute Gasteiger partial charge is 0.393 e. The number of aromatic nitrogens is 2. The minimum absolute atomic E-state index is 0.104. The van der Waals surface area contributed by atoms with Crippen molar-refractivity contribution in [1.29, 1.82) is 0 Å². The summed E-state index contributed by atoms with van der Waals surface area (Å²) in [6, 6.07) is 2.00. The molecule has 4 nitrogen and oxygen atoms in total. The Hall–Kier alpha value is -1.16. The Morgan fingerprint density at radius 3 is 3.06 bits per heavy atom. The van der Waals surface area contributed by atoms with Crippen molar-refractivity contribution in [3.63, 3.8) is 0 Å². The molecular weight excluding hydrogens is 214 g/mol. The monoisotopic (exact) mass is 235 g/mol. The summed E-state index contributed by atoms with van der Waals surface area (Å²) in [6.45, 7) is 2.99.